The summed E-state index contributed by atoms with van der Waals surface area (Å²) in [4.78, 5) is 0. The summed E-state index contributed by atoms with van der Waals surface area (Å²) < 4.78 is 29.4. The number of benzene rings is 2. The van der Waals surface area contributed by atoms with Crippen LogP contribution in [0, 0.1) is 28.9 Å². The molecule has 0 N–H and O–H groups in total. The van der Waals surface area contributed by atoms with Crippen molar-refractivity contribution >= 4 is 0 Å². The van der Waals surface area contributed by atoms with Gasteiger partial charge in [0, 0.05) is 0 Å². The van der Waals surface area contributed by atoms with Gasteiger partial charge in [-0.15, -0.1) is 0 Å². The van der Waals surface area contributed by atoms with E-state index in [9.17, 15) is 8.78 Å². The highest BCUT2D eigenvalue weighted by atomic mass is 19.1. The van der Waals surface area contributed by atoms with Gasteiger partial charge in [-0.05, 0) is 97.1 Å². The van der Waals surface area contributed by atoms with Crippen LogP contribution in [0.1, 0.15) is 85.1 Å². The van der Waals surface area contributed by atoms with E-state index in [4.69, 9.17) is 5.26 Å². The molecule has 0 heterocycles. The number of hydrogen-bond acceptors (Lipinski definition) is 1. The molecule has 2 aromatic carbocycles. The molecule has 0 amide bonds. The van der Waals surface area contributed by atoms with Crippen LogP contribution in [0.15, 0.2) is 30.3 Å². The van der Waals surface area contributed by atoms with Crippen LogP contribution >= 0.6 is 0 Å². The maximum absolute atomic E-state index is 15.0. The Bertz CT molecular complexity index is 903. The third kappa shape index (κ3) is 3.58. The minimum Gasteiger partial charge on any atom is -0.207 e. The second-order valence-corrected chi connectivity index (χ2v) is 8.52. The highest BCUT2D eigenvalue weighted by molar-refractivity contribution is 5.43. The largest absolute Gasteiger partial charge is 0.207 e. The van der Waals surface area contributed by atoms with Gasteiger partial charge in [-0.25, -0.2) is 8.78 Å². The lowest BCUT2D eigenvalue weighted by atomic mass is 9.76. The van der Waals surface area contributed by atoms with Crippen LogP contribution in [-0.4, -0.2) is 0 Å². The molecule has 0 aliphatic heterocycles. The fourth-order valence-corrected chi connectivity index (χ4v) is 5.19. The monoisotopic (exact) mass is 379 g/mol. The Morgan fingerprint density at radius 3 is 2.46 bits per heavy atom. The van der Waals surface area contributed by atoms with Crippen molar-refractivity contribution in [2.45, 2.75) is 70.1 Å². The minimum atomic E-state index is -0.392. The predicted octanol–water partition coefficient (Wildman–Crippen LogP) is 6.79. The zero-order valence-electron chi connectivity index (χ0n) is 16.5. The van der Waals surface area contributed by atoms with E-state index in [1.54, 1.807) is 12.1 Å². The van der Waals surface area contributed by atoms with Crippen molar-refractivity contribution < 1.29 is 8.78 Å². The molecule has 2 aliphatic carbocycles. The molecule has 146 valence electrons. The van der Waals surface area contributed by atoms with Gasteiger partial charge in [0.2, 0.25) is 0 Å². The zero-order chi connectivity index (χ0) is 19.7. The Kier molecular flexibility index (Phi) is 5.49. The van der Waals surface area contributed by atoms with E-state index in [-0.39, 0.29) is 17.3 Å². The first-order valence-corrected chi connectivity index (χ1v) is 10.6. The molecule has 28 heavy (non-hydrogen) atoms. The van der Waals surface area contributed by atoms with Gasteiger partial charge in [0.1, 0.15) is 17.7 Å². The van der Waals surface area contributed by atoms with Crippen LogP contribution in [0.3, 0.4) is 0 Å². The molecule has 1 saturated carbocycles. The molecule has 1 atom stereocenters. The summed E-state index contributed by atoms with van der Waals surface area (Å²) in [7, 11) is 0. The molecule has 4 rings (SSSR count). The Hall–Kier alpha value is -2.21. The Labute approximate surface area is 166 Å². The van der Waals surface area contributed by atoms with Crippen molar-refractivity contribution in [3.63, 3.8) is 0 Å². The molecule has 0 bridgehead atoms. The molecular weight excluding hydrogens is 352 g/mol. The van der Waals surface area contributed by atoms with Crippen LogP contribution in [0.5, 0.6) is 0 Å². The SMILES string of the molecule is CCC1CCC(c2ccc(C3CCc4c(ccc(C#N)c4F)C3)c(F)c2)CC1. The zero-order valence-corrected chi connectivity index (χ0v) is 16.5. The third-order valence-corrected chi connectivity index (χ3v) is 7.03. The molecule has 2 aromatic rings. The van der Waals surface area contributed by atoms with Gasteiger partial charge in [0.15, 0.2) is 0 Å². The van der Waals surface area contributed by atoms with E-state index in [1.807, 2.05) is 18.2 Å². The van der Waals surface area contributed by atoms with Gasteiger partial charge in [-0.1, -0.05) is 31.5 Å². The van der Waals surface area contributed by atoms with E-state index in [1.165, 1.54) is 19.3 Å². The topological polar surface area (TPSA) is 23.8 Å². The fraction of sp³-hybridized carbons (Fsp3) is 0.480. The molecule has 1 nitrogen and oxygen atoms in total. The lowest BCUT2D eigenvalue weighted by molar-refractivity contribution is 0.318. The predicted molar refractivity (Wildman–Crippen MR) is 107 cm³/mol. The Morgan fingerprint density at radius 2 is 1.79 bits per heavy atom. The molecule has 2 aliphatic rings. The second kappa shape index (κ2) is 8.03. The van der Waals surface area contributed by atoms with Crippen LogP contribution in [0.25, 0.3) is 0 Å². The van der Waals surface area contributed by atoms with Gasteiger partial charge in [-0.2, -0.15) is 5.26 Å². The summed E-state index contributed by atoms with van der Waals surface area (Å²) >= 11 is 0. The molecule has 0 saturated heterocycles. The molecule has 0 spiro atoms. The molecule has 1 unspecified atom stereocenters. The van der Waals surface area contributed by atoms with Crippen LogP contribution in [-0.2, 0) is 12.8 Å². The summed E-state index contributed by atoms with van der Waals surface area (Å²) in [6, 6.07) is 11.1. The minimum absolute atomic E-state index is 0.0738. The van der Waals surface area contributed by atoms with Crippen molar-refractivity contribution in [2.24, 2.45) is 5.92 Å². The highest BCUT2D eigenvalue weighted by Gasteiger charge is 2.27. The van der Waals surface area contributed by atoms with Gasteiger partial charge in [-0.3, -0.25) is 0 Å². The van der Waals surface area contributed by atoms with Crippen molar-refractivity contribution in [1.82, 2.24) is 0 Å². The second-order valence-electron chi connectivity index (χ2n) is 8.52. The summed E-state index contributed by atoms with van der Waals surface area (Å²) in [6.45, 7) is 2.26. The maximum atomic E-state index is 15.0. The summed E-state index contributed by atoms with van der Waals surface area (Å²) in [5, 5.41) is 9.01. The van der Waals surface area contributed by atoms with Crippen molar-refractivity contribution in [2.75, 3.05) is 0 Å². The van der Waals surface area contributed by atoms with Crippen molar-refractivity contribution in [3.8, 4) is 6.07 Å². The summed E-state index contributed by atoms with van der Waals surface area (Å²) in [5.74, 6) is 0.890. The summed E-state index contributed by atoms with van der Waals surface area (Å²) in [5.41, 5.74) is 3.54. The molecule has 1 fully saturated rings. The molecular formula is C25H27F2N. The highest BCUT2D eigenvalue weighted by Crippen LogP contribution is 2.39. The van der Waals surface area contributed by atoms with E-state index in [2.05, 4.69) is 13.0 Å². The number of nitrogens with zero attached hydrogens (tertiary/aromatic N) is 1. The molecule has 0 radical (unpaired) electrons. The van der Waals surface area contributed by atoms with Crippen LogP contribution in [0.4, 0.5) is 8.78 Å². The van der Waals surface area contributed by atoms with Gasteiger partial charge < -0.3 is 0 Å². The molecule has 3 heteroatoms. The third-order valence-electron chi connectivity index (χ3n) is 7.03. The summed E-state index contributed by atoms with van der Waals surface area (Å²) in [6.07, 6.45) is 7.99. The number of hydrogen-bond donors (Lipinski definition) is 0. The fourth-order valence-electron chi connectivity index (χ4n) is 5.19. The maximum Gasteiger partial charge on any atom is 0.144 e. The normalized spacial score (nSPS) is 24.4. The van der Waals surface area contributed by atoms with E-state index in [0.29, 0.717) is 24.3 Å². The average Bonchev–Trinajstić information content (AvgIpc) is 2.74. The average molecular weight is 379 g/mol. The number of rotatable bonds is 3. The Morgan fingerprint density at radius 1 is 1.00 bits per heavy atom. The first kappa shape index (κ1) is 19.1. The quantitative estimate of drug-likeness (QED) is 0.576. The van der Waals surface area contributed by atoms with Gasteiger partial charge in [0.25, 0.3) is 0 Å². The number of nitriles is 1. The lowest BCUT2D eigenvalue weighted by Gasteiger charge is -2.29. The van der Waals surface area contributed by atoms with E-state index >= 15 is 0 Å². The van der Waals surface area contributed by atoms with E-state index in [0.717, 1.165) is 41.9 Å². The Balaban J connectivity index is 1.51. The van der Waals surface area contributed by atoms with Crippen LogP contribution < -0.4 is 0 Å². The van der Waals surface area contributed by atoms with Gasteiger partial charge >= 0.3 is 0 Å². The van der Waals surface area contributed by atoms with Crippen LogP contribution in [0.2, 0.25) is 0 Å². The molecule has 0 aromatic heterocycles. The standard InChI is InChI=1S/C25H27F2N/c1-2-16-3-5-17(6-4-16)18-9-11-22(24(26)14-18)19-10-12-23-20(13-19)7-8-21(15-28)25(23)27/h7-9,11,14,16-17,19H,2-6,10,12-13H2,1H3. The van der Waals surface area contributed by atoms with Crippen molar-refractivity contribution in [1.29, 1.82) is 5.26 Å². The lowest BCUT2D eigenvalue weighted by Crippen LogP contribution is -2.17. The van der Waals surface area contributed by atoms with E-state index < -0.39 is 5.82 Å². The number of halogens is 2. The first-order chi connectivity index (χ1) is 13.6. The smallest absolute Gasteiger partial charge is 0.144 e. The first-order valence-electron chi connectivity index (χ1n) is 10.6. The number of fused-ring (bicyclic) bond motifs is 1. The van der Waals surface area contributed by atoms with Gasteiger partial charge in [0.05, 0.1) is 5.56 Å². The van der Waals surface area contributed by atoms with Crippen molar-refractivity contribution in [3.05, 3.63) is 69.8 Å².